The number of para-hydroxylation sites is 1. The molecule has 1 saturated carbocycles. The molecule has 3 rings (SSSR count). The van der Waals surface area contributed by atoms with Gasteiger partial charge >= 0.3 is 6.03 Å². The van der Waals surface area contributed by atoms with Crippen LogP contribution in [0.4, 0.5) is 21.9 Å². The molecule has 0 spiro atoms. The second-order valence-electron chi connectivity index (χ2n) is 7.32. The Labute approximate surface area is 171 Å². The number of urea groups is 1. The highest BCUT2D eigenvalue weighted by Gasteiger charge is 2.37. The smallest absolute Gasteiger partial charge is 0.323 e. The fourth-order valence-corrected chi connectivity index (χ4v) is 3.47. The van der Waals surface area contributed by atoms with Crippen molar-refractivity contribution in [1.82, 2.24) is 0 Å². The molecule has 1 aliphatic rings. The molecule has 150 valence electrons. The molecule has 28 heavy (non-hydrogen) atoms. The van der Waals surface area contributed by atoms with Crippen molar-refractivity contribution < 1.29 is 9.59 Å². The molecule has 2 aromatic rings. The SMILES string of the molecule is CC1(N)CCCCC1C(=O)Nc1ccc(NC(=O)Nc2ccccc2)cc1.Cl. The lowest BCUT2D eigenvalue weighted by Crippen LogP contribution is -2.51. The van der Waals surface area contributed by atoms with E-state index < -0.39 is 5.54 Å². The Bertz CT molecular complexity index is 794. The van der Waals surface area contributed by atoms with E-state index in [1.54, 1.807) is 24.3 Å². The van der Waals surface area contributed by atoms with E-state index in [9.17, 15) is 9.59 Å². The molecule has 0 aliphatic heterocycles. The summed E-state index contributed by atoms with van der Waals surface area (Å²) in [7, 11) is 0. The standard InChI is InChI=1S/C21H26N4O2.ClH/c1-21(22)14-6-5-9-18(21)19(26)23-16-10-12-17(13-11-16)25-20(27)24-15-7-3-2-4-8-15;/h2-4,7-8,10-13,18H,5-6,9,14,22H2,1H3,(H,23,26)(H2,24,25,27);1H. The highest BCUT2D eigenvalue weighted by atomic mass is 35.5. The second-order valence-corrected chi connectivity index (χ2v) is 7.32. The number of anilines is 3. The van der Waals surface area contributed by atoms with Gasteiger partial charge in [-0.1, -0.05) is 31.0 Å². The summed E-state index contributed by atoms with van der Waals surface area (Å²) in [4.78, 5) is 24.6. The van der Waals surface area contributed by atoms with Gasteiger partial charge in [0.05, 0.1) is 5.92 Å². The minimum absolute atomic E-state index is 0. The van der Waals surface area contributed by atoms with Crippen LogP contribution in [0.3, 0.4) is 0 Å². The lowest BCUT2D eigenvalue weighted by Gasteiger charge is -2.37. The van der Waals surface area contributed by atoms with E-state index in [-0.39, 0.29) is 30.3 Å². The van der Waals surface area contributed by atoms with Crippen molar-refractivity contribution in [3.63, 3.8) is 0 Å². The molecular weight excluding hydrogens is 376 g/mol. The number of nitrogens with two attached hydrogens (primary N) is 1. The summed E-state index contributed by atoms with van der Waals surface area (Å²) in [6.07, 6.45) is 3.79. The number of hydrogen-bond donors (Lipinski definition) is 4. The number of amides is 3. The first-order valence-corrected chi connectivity index (χ1v) is 9.27. The molecule has 6 nitrogen and oxygen atoms in total. The molecule has 2 atom stereocenters. The maximum atomic E-state index is 12.6. The molecule has 2 unspecified atom stereocenters. The maximum Gasteiger partial charge on any atom is 0.323 e. The van der Waals surface area contributed by atoms with E-state index in [2.05, 4.69) is 16.0 Å². The molecule has 0 saturated heterocycles. The summed E-state index contributed by atoms with van der Waals surface area (Å²) in [5.41, 5.74) is 7.89. The zero-order chi connectivity index (χ0) is 19.3. The summed E-state index contributed by atoms with van der Waals surface area (Å²) in [6.45, 7) is 1.95. The number of carbonyl (C=O) groups is 2. The number of hydrogen-bond acceptors (Lipinski definition) is 3. The summed E-state index contributed by atoms with van der Waals surface area (Å²) in [6, 6.07) is 15.9. The Morgan fingerprint density at radius 3 is 2.00 bits per heavy atom. The zero-order valence-corrected chi connectivity index (χ0v) is 16.7. The lowest BCUT2D eigenvalue weighted by atomic mass is 9.74. The van der Waals surface area contributed by atoms with Crippen molar-refractivity contribution >= 4 is 41.4 Å². The van der Waals surface area contributed by atoms with E-state index in [4.69, 9.17) is 5.73 Å². The third-order valence-electron chi connectivity index (χ3n) is 5.01. The van der Waals surface area contributed by atoms with Gasteiger partial charge in [-0.2, -0.15) is 0 Å². The highest BCUT2D eigenvalue weighted by molar-refractivity contribution is 6.00. The van der Waals surface area contributed by atoms with Crippen LogP contribution in [-0.4, -0.2) is 17.5 Å². The van der Waals surface area contributed by atoms with Gasteiger partial charge in [-0.3, -0.25) is 4.79 Å². The van der Waals surface area contributed by atoms with Crippen molar-refractivity contribution in [3.8, 4) is 0 Å². The largest absolute Gasteiger partial charge is 0.326 e. The number of nitrogens with one attached hydrogen (secondary N) is 3. The van der Waals surface area contributed by atoms with Gasteiger partial charge in [0.1, 0.15) is 0 Å². The molecule has 7 heteroatoms. The van der Waals surface area contributed by atoms with Crippen LogP contribution in [0.5, 0.6) is 0 Å². The Balaban J connectivity index is 0.00000280. The van der Waals surface area contributed by atoms with Crippen molar-refractivity contribution in [2.45, 2.75) is 38.1 Å². The predicted octanol–water partition coefficient (Wildman–Crippen LogP) is 4.60. The van der Waals surface area contributed by atoms with E-state index in [0.717, 1.165) is 31.4 Å². The van der Waals surface area contributed by atoms with Gasteiger partial charge in [0.25, 0.3) is 0 Å². The molecule has 0 radical (unpaired) electrons. The van der Waals surface area contributed by atoms with E-state index in [1.165, 1.54) is 0 Å². The van der Waals surface area contributed by atoms with Crippen molar-refractivity contribution in [3.05, 3.63) is 54.6 Å². The van der Waals surface area contributed by atoms with Crippen LogP contribution in [-0.2, 0) is 4.79 Å². The van der Waals surface area contributed by atoms with Gasteiger partial charge in [-0.25, -0.2) is 4.79 Å². The molecule has 0 aromatic heterocycles. The molecule has 1 aliphatic carbocycles. The summed E-state index contributed by atoms with van der Waals surface area (Å²) >= 11 is 0. The van der Waals surface area contributed by atoms with Crippen LogP contribution < -0.4 is 21.7 Å². The Hall–Kier alpha value is -2.57. The molecular formula is C21H27ClN4O2. The van der Waals surface area contributed by atoms with Gasteiger partial charge in [-0.05, 0) is 56.2 Å². The van der Waals surface area contributed by atoms with E-state index >= 15 is 0 Å². The second kappa shape index (κ2) is 9.57. The third kappa shape index (κ3) is 5.71. The van der Waals surface area contributed by atoms with Crippen molar-refractivity contribution in [1.29, 1.82) is 0 Å². The Morgan fingerprint density at radius 1 is 0.893 bits per heavy atom. The number of benzene rings is 2. The fraction of sp³-hybridized carbons (Fsp3) is 0.333. The minimum atomic E-state index is -0.459. The van der Waals surface area contributed by atoms with Gasteiger partial charge in [-0.15, -0.1) is 12.4 Å². The monoisotopic (exact) mass is 402 g/mol. The molecule has 5 N–H and O–H groups in total. The normalized spacial score (nSPS) is 21.1. The molecule has 1 fully saturated rings. The highest BCUT2D eigenvalue weighted by Crippen LogP contribution is 2.32. The molecule has 2 aromatic carbocycles. The number of rotatable bonds is 4. The van der Waals surface area contributed by atoms with Crippen LogP contribution >= 0.6 is 12.4 Å². The Morgan fingerprint density at radius 2 is 1.43 bits per heavy atom. The van der Waals surface area contributed by atoms with Crippen LogP contribution in [0.1, 0.15) is 32.6 Å². The average molecular weight is 403 g/mol. The van der Waals surface area contributed by atoms with Crippen LogP contribution in [0.15, 0.2) is 54.6 Å². The zero-order valence-electron chi connectivity index (χ0n) is 15.9. The minimum Gasteiger partial charge on any atom is -0.326 e. The third-order valence-corrected chi connectivity index (χ3v) is 5.01. The maximum absolute atomic E-state index is 12.6. The fourth-order valence-electron chi connectivity index (χ4n) is 3.47. The van der Waals surface area contributed by atoms with Gasteiger partial charge in [0.15, 0.2) is 0 Å². The lowest BCUT2D eigenvalue weighted by molar-refractivity contribution is -0.122. The van der Waals surface area contributed by atoms with Gasteiger partial charge in [0, 0.05) is 22.6 Å². The van der Waals surface area contributed by atoms with E-state index in [1.807, 2.05) is 37.3 Å². The predicted molar refractivity (Wildman–Crippen MR) is 116 cm³/mol. The van der Waals surface area contributed by atoms with Gasteiger partial charge in [0.2, 0.25) is 5.91 Å². The first kappa shape index (κ1) is 21.7. The quantitative estimate of drug-likeness (QED) is 0.601. The number of halogens is 1. The van der Waals surface area contributed by atoms with E-state index in [0.29, 0.717) is 11.4 Å². The summed E-state index contributed by atoms with van der Waals surface area (Å²) < 4.78 is 0. The van der Waals surface area contributed by atoms with Crippen molar-refractivity contribution in [2.24, 2.45) is 11.7 Å². The summed E-state index contributed by atoms with van der Waals surface area (Å²) in [5.74, 6) is -0.220. The Kier molecular flexibility index (Phi) is 7.43. The molecule has 0 bridgehead atoms. The first-order chi connectivity index (χ1) is 12.9. The molecule has 3 amide bonds. The van der Waals surface area contributed by atoms with Crippen LogP contribution in [0.25, 0.3) is 0 Å². The van der Waals surface area contributed by atoms with Crippen LogP contribution in [0, 0.1) is 5.92 Å². The molecule has 0 heterocycles. The van der Waals surface area contributed by atoms with Crippen LogP contribution in [0.2, 0.25) is 0 Å². The van der Waals surface area contributed by atoms with Crippen molar-refractivity contribution in [2.75, 3.05) is 16.0 Å². The average Bonchev–Trinajstić information content (AvgIpc) is 2.63. The topological polar surface area (TPSA) is 96.2 Å². The summed E-state index contributed by atoms with van der Waals surface area (Å²) in [5, 5.41) is 8.46. The first-order valence-electron chi connectivity index (χ1n) is 9.27. The number of carbonyl (C=O) groups excluding carboxylic acids is 2. The van der Waals surface area contributed by atoms with Gasteiger partial charge < -0.3 is 21.7 Å².